The molecule has 10 heteroatoms. The van der Waals surface area contributed by atoms with Crippen LogP contribution < -0.4 is 15.0 Å². The van der Waals surface area contributed by atoms with Crippen molar-refractivity contribution >= 4 is 71.5 Å². The summed E-state index contributed by atoms with van der Waals surface area (Å²) in [5.74, 6) is 1.79. The Morgan fingerprint density at radius 3 is 2.62 bits per heavy atom. The molecule has 2 aromatic heterocycles. The second kappa shape index (κ2) is 10.7. The van der Waals surface area contributed by atoms with Gasteiger partial charge in [0, 0.05) is 20.4 Å². The van der Waals surface area contributed by atoms with Crippen molar-refractivity contribution in [3.63, 3.8) is 0 Å². The molecule has 0 unspecified atom stereocenters. The Hall–Kier alpha value is -3.14. The third kappa shape index (κ3) is 4.91. The summed E-state index contributed by atoms with van der Waals surface area (Å²) in [5.41, 5.74) is 1.50. The first kappa shape index (κ1) is 25.5. The van der Waals surface area contributed by atoms with Crippen LogP contribution in [0, 0.1) is 0 Å². The van der Waals surface area contributed by atoms with E-state index < -0.39 is 0 Å². The number of para-hydroxylation sites is 1. The highest BCUT2D eigenvalue weighted by molar-refractivity contribution is 9.13. The minimum absolute atomic E-state index is 0.262. The van der Waals surface area contributed by atoms with Gasteiger partial charge in [-0.2, -0.15) is 9.78 Å². The highest BCUT2D eigenvalue weighted by Crippen LogP contribution is 2.42. The van der Waals surface area contributed by atoms with Gasteiger partial charge in [0.25, 0.3) is 5.56 Å². The van der Waals surface area contributed by atoms with Gasteiger partial charge < -0.3 is 13.9 Å². The zero-order chi connectivity index (χ0) is 26.1. The maximum Gasteiger partial charge on any atom is 0.282 e. The van der Waals surface area contributed by atoms with E-state index in [0.717, 1.165) is 5.39 Å². The minimum Gasteiger partial charge on any atom is -0.490 e. The SMILES string of the molecule is CCOc1cc(C=Nn2c(-c3cc4cc(Cl)ccc4o3)nc3ccccc3c2=O)c(Br)c(Br)c1OCC. The van der Waals surface area contributed by atoms with Crippen molar-refractivity contribution in [3.8, 4) is 23.1 Å². The first-order valence-corrected chi connectivity index (χ1v) is 13.4. The first-order valence-electron chi connectivity index (χ1n) is 11.4. The Balaban J connectivity index is 1.70. The van der Waals surface area contributed by atoms with Crippen LogP contribution in [-0.4, -0.2) is 29.1 Å². The average Bonchev–Trinajstić information content (AvgIpc) is 3.31. The standard InChI is InChI=1S/C27H20Br2ClN3O4/c1-3-35-21-13-16(23(28)24(29)25(21)36-4-2)14-31-33-26(32-19-8-6-5-7-18(19)27(33)34)22-12-15-11-17(30)9-10-20(15)37-22/h5-14H,3-4H2,1-2H3. The number of aromatic nitrogens is 2. The molecule has 0 aliphatic heterocycles. The Labute approximate surface area is 233 Å². The summed E-state index contributed by atoms with van der Waals surface area (Å²) < 4.78 is 20.2. The number of furan rings is 1. The van der Waals surface area contributed by atoms with Crippen molar-refractivity contribution in [2.24, 2.45) is 5.10 Å². The lowest BCUT2D eigenvalue weighted by Crippen LogP contribution is -2.20. The molecular formula is C27H20Br2ClN3O4. The number of hydrogen-bond donors (Lipinski definition) is 0. The van der Waals surface area contributed by atoms with Crippen LogP contribution in [0.3, 0.4) is 0 Å². The van der Waals surface area contributed by atoms with Crippen LogP contribution in [0.5, 0.6) is 11.5 Å². The molecule has 5 aromatic rings. The fraction of sp³-hybridized carbons (Fsp3) is 0.148. The van der Waals surface area contributed by atoms with E-state index in [1.54, 1.807) is 54.7 Å². The van der Waals surface area contributed by atoms with Gasteiger partial charge in [-0.05, 0) is 88.2 Å². The minimum atomic E-state index is -0.332. The van der Waals surface area contributed by atoms with E-state index in [9.17, 15) is 4.79 Å². The lowest BCUT2D eigenvalue weighted by molar-refractivity contribution is 0.286. The van der Waals surface area contributed by atoms with Crippen LogP contribution >= 0.6 is 43.5 Å². The monoisotopic (exact) mass is 643 g/mol. The zero-order valence-electron chi connectivity index (χ0n) is 19.8. The van der Waals surface area contributed by atoms with Crippen molar-refractivity contribution in [2.45, 2.75) is 13.8 Å². The lowest BCUT2D eigenvalue weighted by atomic mass is 10.2. The molecule has 0 amide bonds. The predicted octanol–water partition coefficient (Wildman–Crippen LogP) is 7.67. The van der Waals surface area contributed by atoms with Crippen molar-refractivity contribution in [3.05, 3.63) is 84.5 Å². The first-order chi connectivity index (χ1) is 17.9. The number of nitrogens with zero attached hydrogens (tertiary/aromatic N) is 3. The molecule has 7 nitrogen and oxygen atoms in total. The van der Waals surface area contributed by atoms with Gasteiger partial charge in [0.2, 0.25) is 5.82 Å². The van der Waals surface area contributed by atoms with Crippen LogP contribution in [0.2, 0.25) is 5.02 Å². The van der Waals surface area contributed by atoms with Crippen LogP contribution in [0.25, 0.3) is 33.5 Å². The maximum absolute atomic E-state index is 13.6. The van der Waals surface area contributed by atoms with Crippen molar-refractivity contribution < 1.29 is 13.9 Å². The van der Waals surface area contributed by atoms with Crippen LogP contribution in [0.15, 0.2) is 77.9 Å². The van der Waals surface area contributed by atoms with Gasteiger partial charge in [-0.25, -0.2) is 4.98 Å². The van der Waals surface area contributed by atoms with Crippen molar-refractivity contribution in [1.29, 1.82) is 0 Å². The Kier molecular flexibility index (Phi) is 7.37. The van der Waals surface area contributed by atoms with E-state index in [4.69, 9.17) is 30.5 Å². The summed E-state index contributed by atoms with van der Waals surface area (Å²) in [5, 5.41) is 6.36. The van der Waals surface area contributed by atoms with Gasteiger partial charge in [0.1, 0.15) is 5.58 Å². The fourth-order valence-electron chi connectivity index (χ4n) is 3.87. The average molecular weight is 646 g/mol. The number of hydrogen-bond acceptors (Lipinski definition) is 6. The molecule has 0 atom stereocenters. The molecule has 0 bridgehead atoms. The third-order valence-corrected chi connectivity index (χ3v) is 7.89. The molecule has 0 fully saturated rings. The third-order valence-electron chi connectivity index (χ3n) is 5.51. The highest BCUT2D eigenvalue weighted by Gasteiger charge is 2.19. The normalized spacial score (nSPS) is 11.6. The van der Waals surface area contributed by atoms with E-state index in [1.165, 1.54) is 4.68 Å². The molecule has 0 spiro atoms. The number of ether oxygens (including phenoxy) is 2. The van der Waals surface area contributed by atoms with E-state index in [1.807, 2.05) is 19.9 Å². The van der Waals surface area contributed by atoms with Crippen molar-refractivity contribution in [2.75, 3.05) is 13.2 Å². The van der Waals surface area contributed by atoms with Gasteiger partial charge in [-0.3, -0.25) is 4.79 Å². The van der Waals surface area contributed by atoms with E-state index in [-0.39, 0.29) is 11.4 Å². The second-order valence-electron chi connectivity index (χ2n) is 7.89. The smallest absolute Gasteiger partial charge is 0.282 e. The summed E-state index contributed by atoms with van der Waals surface area (Å²) in [7, 11) is 0. The van der Waals surface area contributed by atoms with E-state index in [0.29, 0.717) is 66.5 Å². The van der Waals surface area contributed by atoms with Crippen LogP contribution in [-0.2, 0) is 0 Å². The molecule has 0 saturated heterocycles. The Morgan fingerprint density at radius 2 is 1.84 bits per heavy atom. The number of rotatable bonds is 7. The summed E-state index contributed by atoms with van der Waals surface area (Å²) in [6.07, 6.45) is 1.56. The number of fused-ring (bicyclic) bond motifs is 2. The van der Waals surface area contributed by atoms with Gasteiger partial charge in [-0.1, -0.05) is 23.7 Å². The molecule has 3 aromatic carbocycles. The Bertz CT molecular complexity index is 1730. The summed E-state index contributed by atoms with van der Waals surface area (Å²) >= 11 is 13.3. The van der Waals surface area contributed by atoms with E-state index in [2.05, 4.69) is 37.0 Å². The highest BCUT2D eigenvalue weighted by atomic mass is 79.9. The molecule has 0 N–H and O–H groups in total. The van der Waals surface area contributed by atoms with Gasteiger partial charge in [-0.15, -0.1) is 0 Å². The van der Waals surface area contributed by atoms with Crippen LogP contribution in [0.4, 0.5) is 0 Å². The molecule has 0 saturated carbocycles. The molecule has 2 heterocycles. The maximum atomic E-state index is 13.6. The number of benzene rings is 3. The van der Waals surface area contributed by atoms with Gasteiger partial charge in [0.05, 0.1) is 34.8 Å². The van der Waals surface area contributed by atoms with Crippen molar-refractivity contribution in [1.82, 2.24) is 9.66 Å². The largest absolute Gasteiger partial charge is 0.490 e. The molecule has 0 aliphatic carbocycles. The zero-order valence-corrected chi connectivity index (χ0v) is 23.7. The summed E-state index contributed by atoms with van der Waals surface area (Å²) in [4.78, 5) is 18.3. The molecule has 0 aliphatic rings. The van der Waals surface area contributed by atoms with Crippen LogP contribution in [0.1, 0.15) is 19.4 Å². The summed E-state index contributed by atoms with van der Waals surface area (Å²) in [6, 6.07) is 16.0. The molecule has 37 heavy (non-hydrogen) atoms. The fourth-order valence-corrected chi connectivity index (χ4v) is 4.99. The number of halogens is 3. The molecule has 188 valence electrons. The lowest BCUT2D eigenvalue weighted by Gasteiger charge is -2.15. The van der Waals surface area contributed by atoms with Gasteiger partial charge >= 0.3 is 0 Å². The summed E-state index contributed by atoms with van der Waals surface area (Å²) in [6.45, 7) is 4.73. The Morgan fingerprint density at radius 1 is 1.05 bits per heavy atom. The molecule has 5 rings (SSSR count). The molecular weight excluding hydrogens is 626 g/mol. The van der Waals surface area contributed by atoms with E-state index >= 15 is 0 Å². The topological polar surface area (TPSA) is 78.9 Å². The molecule has 0 radical (unpaired) electrons. The second-order valence-corrected chi connectivity index (χ2v) is 9.92. The predicted molar refractivity (Wildman–Crippen MR) is 153 cm³/mol. The van der Waals surface area contributed by atoms with Gasteiger partial charge in [0.15, 0.2) is 17.3 Å². The quantitative estimate of drug-likeness (QED) is 0.170.